The van der Waals surface area contributed by atoms with Crippen molar-refractivity contribution in [1.82, 2.24) is 0 Å². The van der Waals surface area contributed by atoms with E-state index in [1.807, 2.05) is 11.4 Å². The molecule has 0 aliphatic heterocycles. The topological polar surface area (TPSA) is 20.2 Å². The van der Waals surface area contributed by atoms with E-state index >= 15 is 0 Å². The highest BCUT2D eigenvalue weighted by Crippen LogP contribution is 2.32. The summed E-state index contributed by atoms with van der Waals surface area (Å²) in [7, 11) is 0. The summed E-state index contributed by atoms with van der Waals surface area (Å²) in [5, 5.41) is 12.3. The van der Waals surface area contributed by atoms with E-state index in [0.29, 0.717) is 11.4 Å². The SMILES string of the molecule is OC(Cc1ccc(F)cc1Cl)c1sccc1Br. The highest BCUT2D eigenvalue weighted by atomic mass is 79.9. The fraction of sp³-hybridized carbons (Fsp3) is 0.167. The van der Waals surface area contributed by atoms with Crippen LogP contribution in [0, 0.1) is 5.82 Å². The molecule has 0 bridgehead atoms. The van der Waals surface area contributed by atoms with E-state index in [-0.39, 0.29) is 5.82 Å². The zero-order valence-corrected chi connectivity index (χ0v) is 11.8. The van der Waals surface area contributed by atoms with Crippen LogP contribution in [-0.4, -0.2) is 5.11 Å². The summed E-state index contributed by atoms with van der Waals surface area (Å²) < 4.78 is 13.8. The standard InChI is InChI=1S/C12H9BrClFOS/c13-9-3-4-17-12(9)11(16)5-7-1-2-8(15)6-10(7)14/h1-4,6,11,16H,5H2. The Kier molecular flexibility index (Phi) is 4.20. The van der Waals surface area contributed by atoms with Gasteiger partial charge in [0.15, 0.2) is 0 Å². The van der Waals surface area contributed by atoms with Crippen molar-refractivity contribution in [3.8, 4) is 0 Å². The molecule has 0 amide bonds. The van der Waals surface area contributed by atoms with Gasteiger partial charge in [-0.3, -0.25) is 0 Å². The van der Waals surface area contributed by atoms with Crippen molar-refractivity contribution in [2.75, 3.05) is 0 Å². The Labute approximate surface area is 116 Å². The van der Waals surface area contributed by atoms with E-state index in [1.54, 1.807) is 6.07 Å². The fourth-order valence-corrected chi connectivity index (χ4v) is 3.40. The van der Waals surface area contributed by atoms with Crippen molar-refractivity contribution in [3.05, 3.63) is 55.4 Å². The predicted octanol–water partition coefficient (Wildman–Crippen LogP) is 4.58. The van der Waals surface area contributed by atoms with Gasteiger partial charge < -0.3 is 5.11 Å². The second-order valence-electron chi connectivity index (χ2n) is 3.59. The number of halogens is 3. The van der Waals surface area contributed by atoms with E-state index in [9.17, 15) is 9.50 Å². The molecule has 1 aromatic carbocycles. The van der Waals surface area contributed by atoms with Gasteiger partial charge >= 0.3 is 0 Å². The molecule has 2 aromatic rings. The largest absolute Gasteiger partial charge is 0.387 e. The summed E-state index contributed by atoms with van der Waals surface area (Å²) >= 11 is 10.8. The van der Waals surface area contributed by atoms with Gasteiger partial charge in [0, 0.05) is 20.8 Å². The lowest BCUT2D eigenvalue weighted by Crippen LogP contribution is -2.01. The minimum atomic E-state index is -0.632. The van der Waals surface area contributed by atoms with Crippen molar-refractivity contribution in [1.29, 1.82) is 0 Å². The molecule has 0 saturated heterocycles. The van der Waals surface area contributed by atoms with E-state index in [1.165, 1.54) is 23.5 Å². The van der Waals surface area contributed by atoms with Crippen LogP contribution in [0.4, 0.5) is 4.39 Å². The van der Waals surface area contributed by atoms with Crippen LogP contribution in [0.25, 0.3) is 0 Å². The molecule has 17 heavy (non-hydrogen) atoms. The minimum Gasteiger partial charge on any atom is -0.387 e. The lowest BCUT2D eigenvalue weighted by Gasteiger charge is -2.11. The van der Waals surface area contributed by atoms with Crippen LogP contribution < -0.4 is 0 Å². The molecular formula is C12H9BrClFOS. The Hall–Kier alpha value is -0.420. The van der Waals surface area contributed by atoms with Crippen molar-refractivity contribution >= 4 is 38.9 Å². The zero-order valence-electron chi connectivity index (χ0n) is 8.66. The van der Waals surface area contributed by atoms with Gasteiger partial charge in [-0.15, -0.1) is 11.3 Å². The molecule has 1 heterocycles. The minimum absolute atomic E-state index is 0.344. The molecule has 90 valence electrons. The van der Waals surface area contributed by atoms with Crippen molar-refractivity contribution in [3.63, 3.8) is 0 Å². The zero-order chi connectivity index (χ0) is 12.4. The monoisotopic (exact) mass is 334 g/mol. The molecule has 1 atom stereocenters. The van der Waals surface area contributed by atoms with Gasteiger partial charge in [0.25, 0.3) is 0 Å². The summed E-state index contributed by atoms with van der Waals surface area (Å²) in [5.74, 6) is -0.370. The molecule has 0 aliphatic rings. The molecule has 1 unspecified atom stereocenters. The first-order valence-corrected chi connectivity index (χ1v) is 6.98. The molecule has 0 radical (unpaired) electrons. The summed E-state index contributed by atoms with van der Waals surface area (Å²) in [6.45, 7) is 0. The molecule has 0 fully saturated rings. The molecule has 1 N–H and O–H groups in total. The van der Waals surface area contributed by atoms with Crippen LogP contribution in [0.15, 0.2) is 34.1 Å². The number of rotatable bonds is 3. The van der Waals surface area contributed by atoms with E-state index in [0.717, 1.165) is 14.9 Å². The highest BCUT2D eigenvalue weighted by Gasteiger charge is 2.15. The number of hydrogen-bond acceptors (Lipinski definition) is 2. The quantitative estimate of drug-likeness (QED) is 0.870. The van der Waals surface area contributed by atoms with E-state index < -0.39 is 6.10 Å². The summed E-state index contributed by atoms with van der Waals surface area (Å²) in [4.78, 5) is 0.852. The predicted molar refractivity (Wildman–Crippen MR) is 72.1 cm³/mol. The molecule has 0 saturated carbocycles. The van der Waals surface area contributed by atoms with Gasteiger partial charge in [-0.25, -0.2) is 4.39 Å². The van der Waals surface area contributed by atoms with Crippen molar-refractivity contribution in [2.45, 2.75) is 12.5 Å². The normalized spacial score (nSPS) is 12.7. The Morgan fingerprint density at radius 1 is 1.41 bits per heavy atom. The van der Waals surface area contributed by atoms with Crippen LogP contribution in [-0.2, 0) is 6.42 Å². The average molecular weight is 336 g/mol. The average Bonchev–Trinajstić information content (AvgIpc) is 2.68. The third-order valence-corrected chi connectivity index (χ3v) is 4.70. The van der Waals surface area contributed by atoms with Crippen molar-refractivity contribution < 1.29 is 9.50 Å². The molecule has 2 rings (SSSR count). The second-order valence-corrected chi connectivity index (χ2v) is 5.80. The van der Waals surface area contributed by atoms with E-state index in [2.05, 4.69) is 15.9 Å². The van der Waals surface area contributed by atoms with Crippen molar-refractivity contribution in [2.24, 2.45) is 0 Å². The van der Waals surface area contributed by atoms with Crippen LogP contribution in [0.2, 0.25) is 5.02 Å². The van der Waals surface area contributed by atoms with Crippen LogP contribution >= 0.6 is 38.9 Å². The lowest BCUT2D eigenvalue weighted by molar-refractivity contribution is 0.181. The van der Waals surface area contributed by atoms with Gasteiger partial charge in [-0.05, 0) is 45.1 Å². The Morgan fingerprint density at radius 2 is 2.18 bits per heavy atom. The first-order chi connectivity index (χ1) is 8.08. The molecular weight excluding hydrogens is 327 g/mol. The number of thiophene rings is 1. The Balaban J connectivity index is 2.19. The van der Waals surface area contributed by atoms with Crippen LogP contribution in [0.3, 0.4) is 0 Å². The van der Waals surface area contributed by atoms with Gasteiger partial charge in [0.1, 0.15) is 5.82 Å². The molecule has 0 aliphatic carbocycles. The lowest BCUT2D eigenvalue weighted by atomic mass is 10.1. The Bertz CT molecular complexity index is 529. The van der Waals surface area contributed by atoms with Crippen LogP contribution in [0.1, 0.15) is 16.5 Å². The second kappa shape index (κ2) is 5.48. The third kappa shape index (κ3) is 3.07. The summed E-state index contributed by atoms with van der Waals surface area (Å²) in [6.07, 6.45) is -0.259. The number of hydrogen-bond donors (Lipinski definition) is 1. The van der Waals surface area contributed by atoms with Gasteiger partial charge in [-0.1, -0.05) is 17.7 Å². The maximum Gasteiger partial charge on any atom is 0.124 e. The maximum atomic E-state index is 12.9. The first kappa shape index (κ1) is 13.0. The fourth-order valence-electron chi connectivity index (χ4n) is 1.53. The Morgan fingerprint density at radius 3 is 2.76 bits per heavy atom. The first-order valence-electron chi connectivity index (χ1n) is 4.93. The summed E-state index contributed by atoms with van der Waals surface area (Å²) in [5.41, 5.74) is 0.737. The smallest absolute Gasteiger partial charge is 0.124 e. The van der Waals surface area contributed by atoms with E-state index in [4.69, 9.17) is 11.6 Å². The molecule has 1 nitrogen and oxygen atoms in total. The highest BCUT2D eigenvalue weighted by molar-refractivity contribution is 9.10. The summed E-state index contributed by atoms with van der Waals surface area (Å²) in [6, 6.07) is 6.09. The number of benzene rings is 1. The molecule has 5 heteroatoms. The van der Waals surface area contributed by atoms with Gasteiger partial charge in [-0.2, -0.15) is 0 Å². The van der Waals surface area contributed by atoms with Gasteiger partial charge in [0.05, 0.1) is 6.10 Å². The van der Waals surface area contributed by atoms with Gasteiger partial charge in [0.2, 0.25) is 0 Å². The third-order valence-electron chi connectivity index (χ3n) is 2.38. The number of aliphatic hydroxyl groups is 1. The van der Waals surface area contributed by atoms with Crippen LogP contribution in [0.5, 0.6) is 0 Å². The molecule has 1 aromatic heterocycles. The molecule has 0 spiro atoms. The number of aliphatic hydroxyl groups excluding tert-OH is 1. The maximum absolute atomic E-state index is 12.9.